The lowest BCUT2D eigenvalue weighted by Crippen LogP contribution is -2.19. The average Bonchev–Trinajstić information content (AvgIpc) is 3.13. The molecule has 1 heterocycles. The molecule has 0 spiro atoms. The summed E-state index contributed by atoms with van der Waals surface area (Å²) in [5.74, 6) is 2.03. The fraction of sp³-hybridized carbons (Fsp3) is 0.667. The topological polar surface area (TPSA) is 21.8 Å². The third-order valence-corrected chi connectivity index (χ3v) is 4.02. The molecule has 0 aromatic heterocycles. The molecule has 20 heavy (non-hydrogen) atoms. The number of hydrogen-bond donors (Lipinski definition) is 0. The molecule has 0 aliphatic carbocycles. The Labute approximate surface area is 123 Å². The number of rotatable bonds is 6. The van der Waals surface area contributed by atoms with E-state index in [1.54, 1.807) is 0 Å². The fourth-order valence-electron chi connectivity index (χ4n) is 2.40. The number of benzene rings is 1. The molecular weight excluding hydrogens is 248 g/mol. The van der Waals surface area contributed by atoms with Gasteiger partial charge in [0.05, 0.1) is 6.61 Å². The van der Waals surface area contributed by atoms with Crippen LogP contribution >= 0.6 is 0 Å². The molecule has 1 aromatic carbocycles. The van der Waals surface area contributed by atoms with E-state index in [1.165, 1.54) is 16.7 Å². The Balaban J connectivity index is 2.38. The first-order valence-electron chi connectivity index (χ1n) is 7.79. The van der Waals surface area contributed by atoms with Gasteiger partial charge >= 0.3 is 0 Å². The van der Waals surface area contributed by atoms with Gasteiger partial charge in [0, 0.05) is 0 Å². The maximum Gasteiger partial charge on any atom is 0.126 e. The highest BCUT2D eigenvalue weighted by Gasteiger charge is 2.40. The summed E-state index contributed by atoms with van der Waals surface area (Å²) in [6, 6.07) is 4.62. The van der Waals surface area contributed by atoms with Gasteiger partial charge < -0.3 is 9.47 Å². The molecule has 1 saturated heterocycles. The van der Waals surface area contributed by atoms with Crippen molar-refractivity contribution in [1.82, 2.24) is 0 Å². The molecule has 0 saturated carbocycles. The van der Waals surface area contributed by atoms with Gasteiger partial charge in [-0.05, 0) is 41.9 Å². The second-order valence-electron chi connectivity index (χ2n) is 6.79. The van der Waals surface area contributed by atoms with Crippen LogP contribution in [0.5, 0.6) is 5.75 Å². The van der Waals surface area contributed by atoms with Gasteiger partial charge in [-0.15, -0.1) is 0 Å². The summed E-state index contributed by atoms with van der Waals surface area (Å²) >= 11 is 0. The predicted octanol–water partition coefficient (Wildman–Crippen LogP) is 4.66. The quantitative estimate of drug-likeness (QED) is 0.705. The zero-order chi connectivity index (χ0) is 14.9. The van der Waals surface area contributed by atoms with Gasteiger partial charge in [0.1, 0.15) is 18.0 Å². The van der Waals surface area contributed by atoms with E-state index in [-0.39, 0.29) is 5.60 Å². The second-order valence-corrected chi connectivity index (χ2v) is 6.79. The van der Waals surface area contributed by atoms with E-state index >= 15 is 0 Å². The van der Waals surface area contributed by atoms with Gasteiger partial charge in [-0.25, -0.2) is 0 Å². The monoisotopic (exact) mass is 276 g/mol. The molecule has 1 aliphatic rings. The molecule has 1 fully saturated rings. The van der Waals surface area contributed by atoms with Crippen LogP contribution in [0.1, 0.15) is 70.1 Å². The van der Waals surface area contributed by atoms with Crippen LogP contribution in [0.3, 0.4) is 0 Å². The Morgan fingerprint density at radius 1 is 1.15 bits per heavy atom. The lowest BCUT2D eigenvalue weighted by molar-refractivity contribution is 0.199. The van der Waals surface area contributed by atoms with Crippen LogP contribution in [0.4, 0.5) is 0 Å². The van der Waals surface area contributed by atoms with E-state index in [4.69, 9.17) is 9.47 Å². The first-order valence-corrected chi connectivity index (χ1v) is 7.79. The number of hydrogen-bond acceptors (Lipinski definition) is 2. The minimum Gasteiger partial charge on any atom is -0.490 e. The lowest BCUT2D eigenvalue weighted by atomic mass is 9.91. The summed E-state index contributed by atoms with van der Waals surface area (Å²) in [5, 5.41) is 0. The predicted molar refractivity (Wildman–Crippen MR) is 83.9 cm³/mol. The van der Waals surface area contributed by atoms with E-state index in [0.717, 1.165) is 18.8 Å². The van der Waals surface area contributed by atoms with Gasteiger partial charge in [0.2, 0.25) is 0 Å². The zero-order valence-corrected chi connectivity index (χ0v) is 13.7. The van der Waals surface area contributed by atoms with Gasteiger partial charge in [0.25, 0.3) is 0 Å². The third kappa shape index (κ3) is 3.35. The van der Waals surface area contributed by atoms with Crippen LogP contribution in [0, 0.1) is 0 Å². The van der Waals surface area contributed by atoms with E-state index in [2.05, 4.69) is 53.7 Å². The standard InChI is InChI=1S/C18H28O2/c1-7-14-8-15(12(2)3)17(16(9-14)13(4)5)19-10-18(6)11-20-18/h8-9,12-13H,7,10-11H2,1-6H3. The van der Waals surface area contributed by atoms with Crippen LogP contribution in [-0.2, 0) is 11.2 Å². The molecule has 1 aliphatic heterocycles. The molecule has 2 rings (SSSR count). The molecule has 2 heteroatoms. The SMILES string of the molecule is CCc1cc(C(C)C)c(OCC2(C)CO2)c(C(C)C)c1. The van der Waals surface area contributed by atoms with Gasteiger partial charge in [-0.3, -0.25) is 0 Å². The molecule has 0 radical (unpaired) electrons. The minimum atomic E-state index is -0.0636. The lowest BCUT2D eigenvalue weighted by Gasteiger charge is -2.22. The molecule has 1 aromatic rings. The van der Waals surface area contributed by atoms with Crippen LogP contribution in [-0.4, -0.2) is 18.8 Å². The van der Waals surface area contributed by atoms with Crippen molar-refractivity contribution in [1.29, 1.82) is 0 Å². The second kappa shape index (κ2) is 5.77. The molecule has 1 atom stereocenters. The zero-order valence-electron chi connectivity index (χ0n) is 13.7. The smallest absolute Gasteiger partial charge is 0.126 e. The van der Waals surface area contributed by atoms with Crippen molar-refractivity contribution in [2.75, 3.05) is 13.2 Å². The van der Waals surface area contributed by atoms with E-state index in [1.807, 2.05) is 0 Å². The van der Waals surface area contributed by atoms with E-state index in [0.29, 0.717) is 18.4 Å². The normalized spacial score (nSPS) is 21.6. The van der Waals surface area contributed by atoms with Crippen LogP contribution in [0.25, 0.3) is 0 Å². The van der Waals surface area contributed by atoms with E-state index < -0.39 is 0 Å². The van der Waals surface area contributed by atoms with Crippen molar-refractivity contribution in [2.24, 2.45) is 0 Å². The summed E-state index contributed by atoms with van der Waals surface area (Å²) in [5.41, 5.74) is 4.00. The summed E-state index contributed by atoms with van der Waals surface area (Å²) in [6.07, 6.45) is 1.07. The number of ether oxygens (including phenoxy) is 2. The number of aryl methyl sites for hydroxylation is 1. The highest BCUT2D eigenvalue weighted by atomic mass is 16.6. The molecule has 1 unspecified atom stereocenters. The average molecular weight is 276 g/mol. The molecule has 0 bridgehead atoms. The first kappa shape index (κ1) is 15.4. The van der Waals surface area contributed by atoms with Crippen molar-refractivity contribution in [3.63, 3.8) is 0 Å². The summed E-state index contributed by atoms with van der Waals surface area (Å²) in [7, 11) is 0. The van der Waals surface area contributed by atoms with Crippen molar-refractivity contribution in [2.45, 2.75) is 65.4 Å². The molecular formula is C18H28O2. The van der Waals surface area contributed by atoms with Crippen LogP contribution in [0.2, 0.25) is 0 Å². The number of epoxide rings is 1. The van der Waals surface area contributed by atoms with Crippen molar-refractivity contribution in [3.8, 4) is 5.75 Å². The Kier molecular flexibility index (Phi) is 4.43. The summed E-state index contributed by atoms with van der Waals surface area (Å²) in [4.78, 5) is 0. The van der Waals surface area contributed by atoms with Gasteiger partial charge in [-0.2, -0.15) is 0 Å². The molecule has 112 valence electrons. The minimum absolute atomic E-state index is 0.0636. The van der Waals surface area contributed by atoms with Crippen molar-refractivity contribution in [3.05, 3.63) is 28.8 Å². The van der Waals surface area contributed by atoms with E-state index in [9.17, 15) is 0 Å². The molecule has 2 nitrogen and oxygen atoms in total. The Bertz CT molecular complexity index is 441. The third-order valence-electron chi connectivity index (χ3n) is 4.02. The Morgan fingerprint density at radius 2 is 1.65 bits per heavy atom. The summed E-state index contributed by atoms with van der Waals surface area (Å²) in [6.45, 7) is 14.7. The first-order chi connectivity index (χ1) is 9.36. The van der Waals surface area contributed by atoms with Crippen LogP contribution in [0.15, 0.2) is 12.1 Å². The Hall–Kier alpha value is -1.02. The van der Waals surface area contributed by atoms with Gasteiger partial charge in [-0.1, -0.05) is 46.8 Å². The maximum absolute atomic E-state index is 6.19. The van der Waals surface area contributed by atoms with Gasteiger partial charge in [0.15, 0.2) is 0 Å². The fourth-order valence-corrected chi connectivity index (χ4v) is 2.40. The molecule has 0 amide bonds. The summed E-state index contributed by atoms with van der Waals surface area (Å²) < 4.78 is 11.6. The van der Waals surface area contributed by atoms with Crippen LogP contribution < -0.4 is 4.74 Å². The Morgan fingerprint density at radius 3 is 2.00 bits per heavy atom. The highest BCUT2D eigenvalue weighted by molar-refractivity contribution is 5.48. The highest BCUT2D eigenvalue weighted by Crippen LogP contribution is 2.37. The van der Waals surface area contributed by atoms with Crippen molar-refractivity contribution < 1.29 is 9.47 Å². The molecule has 0 N–H and O–H groups in total. The largest absolute Gasteiger partial charge is 0.490 e. The maximum atomic E-state index is 6.19. The van der Waals surface area contributed by atoms with Crippen molar-refractivity contribution >= 4 is 0 Å².